The highest BCUT2D eigenvalue weighted by atomic mass is 19.1. The third-order valence-corrected chi connectivity index (χ3v) is 5.07. The Morgan fingerprint density at radius 2 is 1.59 bits per heavy atom. The van der Waals surface area contributed by atoms with Gasteiger partial charge >= 0.3 is 5.97 Å². The van der Waals surface area contributed by atoms with Crippen LogP contribution in [0.1, 0.15) is 43.9 Å². The molecule has 1 saturated heterocycles. The summed E-state index contributed by atoms with van der Waals surface area (Å²) in [4.78, 5) is 56.5. The van der Waals surface area contributed by atoms with Crippen molar-refractivity contribution in [3.63, 3.8) is 0 Å². The van der Waals surface area contributed by atoms with E-state index in [2.05, 4.69) is 0 Å². The van der Waals surface area contributed by atoms with Gasteiger partial charge in [0, 0.05) is 18.7 Å². The Hall–Kier alpha value is -3.55. The molecule has 0 radical (unpaired) electrons. The van der Waals surface area contributed by atoms with Gasteiger partial charge in [-0.2, -0.15) is 0 Å². The van der Waals surface area contributed by atoms with E-state index in [1.54, 1.807) is 12.1 Å². The van der Waals surface area contributed by atoms with E-state index in [0.29, 0.717) is 30.0 Å². The lowest BCUT2D eigenvalue weighted by Gasteiger charge is -2.32. The van der Waals surface area contributed by atoms with Crippen LogP contribution < -0.4 is 0 Å². The second-order valence-corrected chi connectivity index (χ2v) is 6.96. The van der Waals surface area contributed by atoms with Crippen LogP contribution in [0, 0.1) is 11.7 Å². The molecule has 2 aromatic carbocycles. The van der Waals surface area contributed by atoms with E-state index < -0.39 is 29.5 Å². The molecule has 0 aliphatic carbocycles. The summed E-state index contributed by atoms with van der Waals surface area (Å²) in [6, 6.07) is 11.4. The molecule has 2 aliphatic rings. The first kappa shape index (κ1) is 18.8. The minimum atomic E-state index is -0.740. The molecule has 2 aliphatic heterocycles. The zero-order valence-corrected chi connectivity index (χ0v) is 15.3. The van der Waals surface area contributed by atoms with Crippen LogP contribution in [0.25, 0.3) is 0 Å². The SMILES string of the molecule is O=C(ON1C(=O)c2ccccc2C1=O)C1CCCN(C(=O)c2ccc(F)cc2)C1. The quantitative estimate of drug-likeness (QED) is 0.744. The van der Waals surface area contributed by atoms with Gasteiger partial charge in [-0.05, 0) is 49.2 Å². The first-order valence-corrected chi connectivity index (χ1v) is 9.20. The first-order chi connectivity index (χ1) is 14.0. The number of halogens is 1. The highest BCUT2D eigenvalue weighted by molar-refractivity contribution is 6.20. The van der Waals surface area contributed by atoms with E-state index in [1.165, 1.54) is 41.3 Å². The standard InChI is InChI=1S/C21H17FN2O5/c22-15-9-7-13(8-10-15)18(25)23-11-3-4-14(12-23)21(28)29-24-19(26)16-5-1-2-6-17(16)20(24)27/h1-2,5-10,14H,3-4,11-12H2. The van der Waals surface area contributed by atoms with Gasteiger partial charge in [0.15, 0.2) is 0 Å². The summed E-state index contributed by atoms with van der Waals surface area (Å²) in [5.74, 6) is -3.54. The fourth-order valence-electron chi connectivity index (χ4n) is 3.54. The monoisotopic (exact) mass is 396 g/mol. The molecule has 4 rings (SSSR count). The Morgan fingerprint density at radius 1 is 0.966 bits per heavy atom. The summed E-state index contributed by atoms with van der Waals surface area (Å²) < 4.78 is 13.1. The molecular formula is C21H17FN2O5. The Labute approximate surface area is 165 Å². The van der Waals surface area contributed by atoms with Gasteiger partial charge in [0.25, 0.3) is 17.7 Å². The van der Waals surface area contributed by atoms with Crippen molar-refractivity contribution in [2.24, 2.45) is 5.92 Å². The zero-order valence-electron chi connectivity index (χ0n) is 15.3. The van der Waals surface area contributed by atoms with Crippen molar-refractivity contribution in [2.75, 3.05) is 13.1 Å². The maximum Gasteiger partial charge on any atom is 0.338 e. The zero-order chi connectivity index (χ0) is 20.5. The number of amides is 3. The Balaban J connectivity index is 1.43. The van der Waals surface area contributed by atoms with Gasteiger partial charge in [0.05, 0.1) is 17.0 Å². The average Bonchev–Trinajstić information content (AvgIpc) is 2.99. The number of piperidine rings is 1. The molecule has 0 spiro atoms. The van der Waals surface area contributed by atoms with Crippen molar-refractivity contribution >= 4 is 23.7 Å². The third-order valence-electron chi connectivity index (χ3n) is 5.07. The Kier molecular flexibility index (Phi) is 4.84. The summed E-state index contributed by atoms with van der Waals surface area (Å²) in [7, 11) is 0. The van der Waals surface area contributed by atoms with Crippen molar-refractivity contribution < 1.29 is 28.4 Å². The molecule has 148 valence electrons. The number of nitrogens with zero attached hydrogens (tertiary/aromatic N) is 2. The molecule has 1 fully saturated rings. The van der Waals surface area contributed by atoms with Crippen LogP contribution in [-0.2, 0) is 9.63 Å². The number of carbonyl (C=O) groups is 4. The number of likely N-dealkylation sites (tertiary alicyclic amines) is 1. The lowest BCUT2D eigenvalue weighted by molar-refractivity contribution is -0.175. The predicted molar refractivity (Wildman–Crippen MR) is 98.1 cm³/mol. The minimum absolute atomic E-state index is 0.0954. The fourth-order valence-corrected chi connectivity index (χ4v) is 3.54. The lowest BCUT2D eigenvalue weighted by Crippen LogP contribution is -2.44. The van der Waals surface area contributed by atoms with Crippen molar-refractivity contribution in [2.45, 2.75) is 12.8 Å². The summed E-state index contributed by atoms with van der Waals surface area (Å²) in [6.45, 7) is 0.547. The summed E-state index contributed by atoms with van der Waals surface area (Å²) in [5, 5.41) is 0.480. The fraction of sp³-hybridized carbons (Fsp3) is 0.238. The van der Waals surface area contributed by atoms with Gasteiger partial charge in [0.2, 0.25) is 0 Å². The van der Waals surface area contributed by atoms with Crippen LogP contribution in [0.2, 0.25) is 0 Å². The summed E-state index contributed by atoms with van der Waals surface area (Å²) >= 11 is 0. The van der Waals surface area contributed by atoms with Crippen LogP contribution in [0.3, 0.4) is 0 Å². The highest BCUT2D eigenvalue weighted by Crippen LogP contribution is 2.25. The highest BCUT2D eigenvalue weighted by Gasteiger charge is 2.40. The van der Waals surface area contributed by atoms with E-state index in [4.69, 9.17) is 4.84 Å². The first-order valence-electron chi connectivity index (χ1n) is 9.20. The van der Waals surface area contributed by atoms with Crippen LogP contribution in [-0.4, -0.2) is 46.7 Å². The topological polar surface area (TPSA) is 84.0 Å². The number of hydrogen-bond acceptors (Lipinski definition) is 5. The van der Waals surface area contributed by atoms with Gasteiger partial charge in [0.1, 0.15) is 5.82 Å². The smallest absolute Gasteiger partial charge is 0.338 e. The molecule has 0 aromatic heterocycles. The van der Waals surface area contributed by atoms with Crippen molar-refractivity contribution in [1.29, 1.82) is 0 Å². The van der Waals surface area contributed by atoms with Crippen molar-refractivity contribution in [3.8, 4) is 0 Å². The number of carbonyl (C=O) groups excluding carboxylic acids is 4. The number of benzene rings is 2. The third kappa shape index (κ3) is 3.49. The van der Waals surface area contributed by atoms with E-state index in [-0.39, 0.29) is 23.6 Å². The molecule has 1 atom stereocenters. The van der Waals surface area contributed by atoms with E-state index in [9.17, 15) is 23.6 Å². The average molecular weight is 396 g/mol. The number of rotatable bonds is 3. The van der Waals surface area contributed by atoms with Gasteiger partial charge < -0.3 is 9.74 Å². The Bertz CT molecular complexity index is 969. The van der Waals surface area contributed by atoms with Gasteiger partial charge in [-0.1, -0.05) is 17.2 Å². The number of fused-ring (bicyclic) bond motifs is 1. The molecule has 0 bridgehead atoms. The number of hydrogen-bond donors (Lipinski definition) is 0. The van der Waals surface area contributed by atoms with Crippen molar-refractivity contribution in [3.05, 3.63) is 71.0 Å². The summed E-state index contributed by atoms with van der Waals surface area (Å²) in [5.41, 5.74) is 0.685. The molecule has 2 aromatic rings. The molecule has 29 heavy (non-hydrogen) atoms. The molecule has 0 N–H and O–H groups in total. The van der Waals surface area contributed by atoms with Crippen LogP contribution in [0.5, 0.6) is 0 Å². The minimum Gasteiger partial charge on any atom is -0.338 e. The molecule has 1 unspecified atom stereocenters. The van der Waals surface area contributed by atoms with Gasteiger partial charge in [-0.25, -0.2) is 9.18 Å². The second-order valence-electron chi connectivity index (χ2n) is 6.96. The molecular weight excluding hydrogens is 379 g/mol. The summed E-state index contributed by atoms with van der Waals surface area (Å²) in [6.07, 6.45) is 1.03. The van der Waals surface area contributed by atoms with Crippen LogP contribution in [0.15, 0.2) is 48.5 Å². The largest absolute Gasteiger partial charge is 0.338 e. The van der Waals surface area contributed by atoms with Crippen molar-refractivity contribution in [1.82, 2.24) is 9.96 Å². The van der Waals surface area contributed by atoms with E-state index >= 15 is 0 Å². The van der Waals surface area contributed by atoms with Crippen LogP contribution >= 0.6 is 0 Å². The van der Waals surface area contributed by atoms with E-state index in [1.807, 2.05) is 0 Å². The number of hydroxylamine groups is 2. The predicted octanol–water partition coefficient (Wildman–Crippen LogP) is 2.43. The Morgan fingerprint density at radius 3 is 2.21 bits per heavy atom. The molecule has 2 heterocycles. The normalized spacial score (nSPS) is 18.6. The lowest BCUT2D eigenvalue weighted by atomic mass is 9.97. The van der Waals surface area contributed by atoms with Crippen LogP contribution in [0.4, 0.5) is 4.39 Å². The number of imide groups is 1. The maximum absolute atomic E-state index is 13.1. The van der Waals surface area contributed by atoms with E-state index in [0.717, 1.165) is 0 Å². The molecule has 3 amide bonds. The molecule has 8 heteroatoms. The second kappa shape index (κ2) is 7.46. The molecule has 0 saturated carbocycles. The van der Waals surface area contributed by atoms with Gasteiger partial charge in [-0.3, -0.25) is 14.4 Å². The van der Waals surface area contributed by atoms with Gasteiger partial charge in [-0.15, -0.1) is 0 Å². The maximum atomic E-state index is 13.1. The molecule has 7 nitrogen and oxygen atoms in total.